The average molecular weight is 774 g/mol. The van der Waals surface area contributed by atoms with Gasteiger partial charge in [0.05, 0.1) is 35.9 Å². The number of nitrogens with one attached hydrogen (secondary N) is 2. The number of fused-ring (bicyclic) bond motifs is 3. The highest BCUT2D eigenvalue weighted by Gasteiger charge is 2.63. The molecule has 0 radical (unpaired) electrons. The first-order chi connectivity index (χ1) is 24.9. The molecule has 1 aromatic carbocycles. The summed E-state index contributed by atoms with van der Waals surface area (Å²) in [5, 5.41) is 2.85. The van der Waals surface area contributed by atoms with E-state index in [2.05, 4.69) is 20.0 Å². The van der Waals surface area contributed by atoms with Crippen LogP contribution < -0.4 is 19.5 Å². The number of carbonyl (C=O) groups excluding carboxylic acids is 4. The predicted molar refractivity (Wildman–Crippen MR) is 195 cm³/mol. The van der Waals surface area contributed by atoms with Crippen LogP contribution in [-0.2, 0) is 33.9 Å². The zero-order valence-corrected chi connectivity index (χ0v) is 32.3. The number of hydrogen-bond donors (Lipinski definition) is 2. The molecule has 53 heavy (non-hydrogen) atoms. The van der Waals surface area contributed by atoms with Crippen LogP contribution in [0.25, 0.3) is 11.0 Å². The van der Waals surface area contributed by atoms with Crippen molar-refractivity contribution in [2.24, 2.45) is 11.8 Å². The third-order valence-electron chi connectivity index (χ3n) is 10.5. The second-order valence-electron chi connectivity index (χ2n) is 15.9. The van der Waals surface area contributed by atoms with Gasteiger partial charge in [-0.3, -0.25) is 23.9 Å². The van der Waals surface area contributed by atoms with E-state index in [1.807, 2.05) is 12.2 Å². The lowest BCUT2D eigenvalue weighted by Gasteiger charge is -2.30. The molecule has 1 aromatic heterocycles. The lowest BCUT2D eigenvalue weighted by Crippen LogP contribution is -2.57. The zero-order chi connectivity index (χ0) is 38.3. The Morgan fingerprint density at radius 3 is 2.57 bits per heavy atom. The van der Waals surface area contributed by atoms with Gasteiger partial charge in [0.1, 0.15) is 29.0 Å². The van der Waals surface area contributed by atoms with Crippen molar-refractivity contribution >= 4 is 56.3 Å². The SMILES string of the molecule is COc1ccc2nc(Cl)c(O[C@@H]3C[C@H]4C(=O)N[C@]5(C(=O)NS(=O)(=O)C6(C)CC6)C[C@H]5/C=C\CCCCC[C@H](CC(=O)OC(C)(C)C)C(=O)N4C3)nc2c1. The predicted octanol–water partition coefficient (Wildman–Crippen LogP) is 4.38. The van der Waals surface area contributed by atoms with E-state index in [0.29, 0.717) is 48.9 Å². The van der Waals surface area contributed by atoms with Gasteiger partial charge in [0.15, 0.2) is 5.15 Å². The molecular weight excluding hydrogens is 726 g/mol. The number of sulfonamides is 1. The number of benzene rings is 1. The number of esters is 1. The molecule has 2 N–H and O–H groups in total. The molecule has 0 bridgehead atoms. The zero-order valence-electron chi connectivity index (χ0n) is 30.8. The topological polar surface area (TPSA) is 183 Å². The van der Waals surface area contributed by atoms with E-state index >= 15 is 0 Å². The second kappa shape index (κ2) is 14.7. The number of nitrogens with zero attached hydrogens (tertiary/aromatic N) is 3. The fourth-order valence-electron chi connectivity index (χ4n) is 7.02. The third-order valence-corrected chi connectivity index (χ3v) is 12.9. The first kappa shape index (κ1) is 38.7. The molecule has 3 heterocycles. The van der Waals surface area contributed by atoms with Crippen molar-refractivity contribution in [3.63, 3.8) is 0 Å². The number of halogens is 1. The third kappa shape index (κ3) is 8.56. The van der Waals surface area contributed by atoms with Crippen LogP contribution in [0.4, 0.5) is 0 Å². The number of allylic oxidation sites excluding steroid dienone is 1. The molecule has 16 heteroatoms. The van der Waals surface area contributed by atoms with Crippen LogP contribution in [0.3, 0.4) is 0 Å². The van der Waals surface area contributed by atoms with Crippen molar-refractivity contribution in [2.45, 2.75) is 120 Å². The Morgan fingerprint density at radius 2 is 1.87 bits per heavy atom. The van der Waals surface area contributed by atoms with E-state index < -0.39 is 73.6 Å². The molecule has 6 rings (SSSR count). The van der Waals surface area contributed by atoms with Gasteiger partial charge in [0, 0.05) is 24.3 Å². The molecule has 0 spiro atoms. The van der Waals surface area contributed by atoms with Gasteiger partial charge in [-0.15, -0.1) is 0 Å². The van der Waals surface area contributed by atoms with E-state index in [4.69, 9.17) is 25.8 Å². The largest absolute Gasteiger partial charge is 0.497 e. The van der Waals surface area contributed by atoms with E-state index in [0.717, 1.165) is 12.8 Å². The van der Waals surface area contributed by atoms with Crippen LogP contribution in [0.5, 0.6) is 11.6 Å². The van der Waals surface area contributed by atoms with Crippen LogP contribution in [0.1, 0.15) is 91.9 Å². The summed E-state index contributed by atoms with van der Waals surface area (Å²) in [4.78, 5) is 66.0. The summed E-state index contributed by atoms with van der Waals surface area (Å²) < 4.78 is 44.6. The average Bonchev–Trinajstić information content (AvgIpc) is 3.96. The van der Waals surface area contributed by atoms with Crippen LogP contribution in [0.15, 0.2) is 30.4 Å². The molecule has 5 atom stereocenters. The van der Waals surface area contributed by atoms with Gasteiger partial charge in [-0.05, 0) is 78.4 Å². The number of carbonyl (C=O) groups is 4. The molecule has 2 saturated carbocycles. The van der Waals surface area contributed by atoms with Gasteiger partial charge in [-0.25, -0.2) is 18.4 Å². The van der Waals surface area contributed by atoms with Crippen molar-refractivity contribution < 1.29 is 41.8 Å². The summed E-state index contributed by atoms with van der Waals surface area (Å²) in [7, 11) is -2.47. The molecule has 288 valence electrons. The van der Waals surface area contributed by atoms with Gasteiger partial charge in [0.2, 0.25) is 21.8 Å². The number of methoxy groups -OCH3 is 1. The van der Waals surface area contributed by atoms with Crippen LogP contribution in [0, 0.1) is 11.8 Å². The molecule has 4 aliphatic rings. The number of ether oxygens (including phenoxy) is 3. The molecular formula is C37H48ClN5O9S. The maximum Gasteiger partial charge on any atom is 0.307 e. The standard InChI is InChI=1S/C37H48ClN5O9S/c1-35(2,3)52-29(44)17-22-11-9-7-6-8-10-12-23-20-37(23,34(47)42-53(48,49)36(4)15-16-36)41-31(45)28-19-25(21-43(28)33(22)46)51-32-30(38)39-26-14-13-24(50-5)18-27(26)40-32/h10,12-14,18,22-23,25,28H,6-9,11,15-17,19-21H2,1-5H3,(H,41,45)(H,42,47)/b12-10-/t22-,23-,25-,28+,37-/m1/s1. The summed E-state index contributed by atoms with van der Waals surface area (Å²) in [6.07, 6.45) is 7.25. The number of aromatic nitrogens is 2. The Hall–Kier alpha value is -3.98. The number of amides is 3. The normalized spacial score (nSPS) is 28.0. The number of rotatable bonds is 8. The Morgan fingerprint density at radius 1 is 1.11 bits per heavy atom. The van der Waals surface area contributed by atoms with Crippen LogP contribution >= 0.6 is 11.6 Å². The second-order valence-corrected chi connectivity index (χ2v) is 18.4. The van der Waals surface area contributed by atoms with Crippen molar-refractivity contribution in [1.29, 1.82) is 0 Å². The molecule has 2 aliphatic heterocycles. The summed E-state index contributed by atoms with van der Waals surface area (Å²) >= 11 is 6.50. The Labute approximate surface area is 314 Å². The monoisotopic (exact) mass is 773 g/mol. The molecule has 2 aliphatic carbocycles. The van der Waals surface area contributed by atoms with Crippen molar-refractivity contribution in [1.82, 2.24) is 24.9 Å². The highest BCUT2D eigenvalue weighted by Crippen LogP contribution is 2.47. The highest BCUT2D eigenvalue weighted by molar-refractivity contribution is 7.91. The molecule has 0 unspecified atom stereocenters. The smallest absolute Gasteiger partial charge is 0.307 e. The summed E-state index contributed by atoms with van der Waals surface area (Å²) in [6.45, 7) is 6.79. The molecule has 2 aromatic rings. The lowest BCUT2D eigenvalue weighted by molar-refractivity contribution is -0.159. The van der Waals surface area contributed by atoms with Crippen LogP contribution in [0.2, 0.25) is 5.15 Å². The summed E-state index contributed by atoms with van der Waals surface area (Å²) in [6, 6.07) is 3.98. The molecule has 3 fully saturated rings. The van der Waals surface area contributed by atoms with E-state index in [9.17, 15) is 27.6 Å². The first-order valence-electron chi connectivity index (χ1n) is 18.2. The highest BCUT2D eigenvalue weighted by atomic mass is 35.5. The van der Waals surface area contributed by atoms with E-state index in [-0.39, 0.29) is 36.8 Å². The Balaban J connectivity index is 1.31. The summed E-state index contributed by atoms with van der Waals surface area (Å²) in [5.41, 5.74) is -1.32. The van der Waals surface area contributed by atoms with E-state index in [1.165, 1.54) is 12.0 Å². The fraction of sp³-hybridized carbons (Fsp3) is 0.622. The van der Waals surface area contributed by atoms with Crippen LogP contribution in [-0.4, -0.2) is 88.7 Å². The van der Waals surface area contributed by atoms with Gasteiger partial charge >= 0.3 is 5.97 Å². The molecule has 3 amide bonds. The van der Waals surface area contributed by atoms with Crippen molar-refractivity contribution in [2.75, 3.05) is 13.7 Å². The summed E-state index contributed by atoms with van der Waals surface area (Å²) in [5.74, 6) is -3.08. The van der Waals surface area contributed by atoms with Crippen molar-refractivity contribution in [3.05, 3.63) is 35.5 Å². The Kier molecular flexibility index (Phi) is 10.7. The van der Waals surface area contributed by atoms with Crippen molar-refractivity contribution in [3.8, 4) is 11.6 Å². The van der Waals surface area contributed by atoms with Gasteiger partial charge < -0.3 is 24.4 Å². The molecule has 1 saturated heterocycles. The minimum absolute atomic E-state index is 0.000318. The van der Waals surface area contributed by atoms with Gasteiger partial charge in [0.25, 0.3) is 11.8 Å². The van der Waals surface area contributed by atoms with Gasteiger partial charge in [-0.1, -0.05) is 36.6 Å². The minimum atomic E-state index is -3.99. The van der Waals surface area contributed by atoms with Gasteiger partial charge in [-0.2, -0.15) is 0 Å². The maximum atomic E-state index is 14.5. The Bertz CT molecular complexity index is 1930. The molecule has 14 nitrogen and oxygen atoms in total. The fourth-order valence-corrected chi connectivity index (χ4v) is 8.51. The minimum Gasteiger partial charge on any atom is -0.497 e. The number of hydrogen-bond acceptors (Lipinski definition) is 11. The quantitative estimate of drug-likeness (QED) is 0.287. The first-order valence-corrected chi connectivity index (χ1v) is 20.1. The lowest BCUT2D eigenvalue weighted by atomic mass is 9.95. The maximum absolute atomic E-state index is 14.5. The van der Waals surface area contributed by atoms with E-state index in [1.54, 1.807) is 45.9 Å².